The van der Waals surface area contributed by atoms with Gasteiger partial charge in [0.05, 0.1) is 5.69 Å². The van der Waals surface area contributed by atoms with E-state index in [2.05, 4.69) is 5.32 Å². The lowest BCUT2D eigenvalue weighted by atomic mass is 10.1. The molecule has 1 fully saturated rings. The molecule has 172 valence electrons. The minimum atomic E-state index is -0.896. The first-order valence-corrected chi connectivity index (χ1v) is 12.1. The van der Waals surface area contributed by atoms with Crippen LogP contribution >= 0.6 is 11.8 Å². The summed E-state index contributed by atoms with van der Waals surface area (Å²) in [5.41, 5.74) is 1.60. The first-order chi connectivity index (χ1) is 15.9. The van der Waals surface area contributed by atoms with Crippen molar-refractivity contribution in [1.29, 1.82) is 0 Å². The number of ketones is 1. The second kappa shape index (κ2) is 10.2. The lowest BCUT2D eigenvalue weighted by Crippen LogP contribution is -2.51. The number of amides is 3. The van der Waals surface area contributed by atoms with Crippen LogP contribution in [-0.2, 0) is 14.4 Å². The van der Waals surface area contributed by atoms with Gasteiger partial charge in [-0.15, -0.1) is 11.8 Å². The number of Topliss-reactive ketones (excluding diaryl/α,β-unsaturated/α-hetero) is 1. The maximum absolute atomic E-state index is 13.4. The van der Waals surface area contributed by atoms with Crippen LogP contribution in [0.15, 0.2) is 53.4 Å². The van der Waals surface area contributed by atoms with E-state index >= 15 is 0 Å². The maximum atomic E-state index is 13.4. The molecule has 1 N–H and O–H groups in total. The smallest absolute Gasteiger partial charge is 0.250 e. The number of hydrogen-bond acceptors (Lipinski definition) is 5. The fraction of sp³-hybridized carbons (Fsp3) is 0.360. The monoisotopic (exact) mass is 465 g/mol. The molecule has 0 aliphatic carbocycles. The van der Waals surface area contributed by atoms with Crippen LogP contribution < -0.4 is 10.2 Å². The summed E-state index contributed by atoms with van der Waals surface area (Å²) in [5.74, 6) is -1.05. The third kappa shape index (κ3) is 5.27. The molecule has 4 rings (SSSR count). The number of thioether (sulfide) groups is 1. The standard InChI is InChI=1S/C25H27N3O4S/c1-17(29)18-9-8-10-19(15-18)26-22(30)16-28-20-11-4-5-12-21(20)33-23(25(28)32)24(31)27-13-6-2-3-7-14-27/h4-5,8-12,15,23H,2-3,6-7,13-14,16H2,1H3,(H,26,30)/t23-/m0/s1. The van der Waals surface area contributed by atoms with Crippen LogP contribution in [-0.4, -0.2) is 53.3 Å². The molecule has 8 heteroatoms. The highest BCUT2D eigenvalue weighted by Crippen LogP contribution is 2.39. The van der Waals surface area contributed by atoms with Crippen LogP contribution in [0.2, 0.25) is 0 Å². The van der Waals surface area contributed by atoms with Crippen molar-refractivity contribution in [3.05, 3.63) is 54.1 Å². The van der Waals surface area contributed by atoms with Crippen molar-refractivity contribution in [1.82, 2.24) is 4.90 Å². The van der Waals surface area contributed by atoms with E-state index in [1.165, 1.54) is 23.6 Å². The Morgan fingerprint density at radius 3 is 2.45 bits per heavy atom. The molecule has 1 atom stereocenters. The van der Waals surface area contributed by atoms with Gasteiger partial charge in [-0.25, -0.2) is 0 Å². The van der Waals surface area contributed by atoms with E-state index < -0.39 is 11.2 Å². The summed E-state index contributed by atoms with van der Waals surface area (Å²) in [6.45, 7) is 2.57. The minimum absolute atomic E-state index is 0.0990. The van der Waals surface area contributed by atoms with Crippen molar-refractivity contribution < 1.29 is 19.2 Å². The van der Waals surface area contributed by atoms with Gasteiger partial charge >= 0.3 is 0 Å². The van der Waals surface area contributed by atoms with Gasteiger partial charge in [-0.3, -0.25) is 19.2 Å². The predicted molar refractivity (Wildman–Crippen MR) is 129 cm³/mol. The average molecular weight is 466 g/mol. The Morgan fingerprint density at radius 1 is 1.00 bits per heavy atom. The fourth-order valence-electron chi connectivity index (χ4n) is 4.15. The van der Waals surface area contributed by atoms with E-state index in [1.807, 2.05) is 18.2 Å². The Balaban J connectivity index is 1.54. The van der Waals surface area contributed by atoms with E-state index in [4.69, 9.17) is 0 Å². The number of nitrogens with zero attached hydrogens (tertiary/aromatic N) is 2. The number of nitrogens with one attached hydrogen (secondary N) is 1. The van der Waals surface area contributed by atoms with Crippen LogP contribution in [0.3, 0.4) is 0 Å². The zero-order valence-corrected chi connectivity index (χ0v) is 19.4. The third-order valence-corrected chi connectivity index (χ3v) is 7.13. The van der Waals surface area contributed by atoms with Crippen molar-refractivity contribution in [3.63, 3.8) is 0 Å². The zero-order chi connectivity index (χ0) is 23.4. The largest absolute Gasteiger partial charge is 0.341 e. The molecule has 2 aliphatic rings. The van der Waals surface area contributed by atoms with Gasteiger partial charge in [-0.1, -0.05) is 37.1 Å². The van der Waals surface area contributed by atoms with Crippen LogP contribution in [0, 0.1) is 0 Å². The van der Waals surface area contributed by atoms with Crippen molar-refractivity contribution in [2.75, 3.05) is 29.9 Å². The number of benzene rings is 2. The van der Waals surface area contributed by atoms with Gasteiger partial charge in [0.1, 0.15) is 6.54 Å². The first kappa shape index (κ1) is 23.0. The normalized spacial score (nSPS) is 18.3. The van der Waals surface area contributed by atoms with Crippen LogP contribution in [0.4, 0.5) is 11.4 Å². The molecule has 0 radical (unpaired) electrons. The second-order valence-corrected chi connectivity index (χ2v) is 9.46. The van der Waals surface area contributed by atoms with Crippen molar-refractivity contribution >= 4 is 46.6 Å². The summed E-state index contributed by atoms with van der Waals surface area (Å²) < 4.78 is 0. The molecule has 2 aromatic carbocycles. The minimum Gasteiger partial charge on any atom is -0.341 e. The molecule has 7 nitrogen and oxygen atoms in total. The highest BCUT2D eigenvalue weighted by atomic mass is 32.2. The molecule has 3 amide bonds. The van der Waals surface area contributed by atoms with E-state index in [1.54, 1.807) is 35.2 Å². The summed E-state index contributed by atoms with van der Waals surface area (Å²) in [5, 5.41) is 1.87. The number of fused-ring (bicyclic) bond motifs is 1. The highest BCUT2D eigenvalue weighted by molar-refractivity contribution is 8.01. The Labute approximate surface area is 197 Å². The summed E-state index contributed by atoms with van der Waals surface area (Å²) in [4.78, 5) is 55.2. The Morgan fingerprint density at radius 2 is 1.73 bits per heavy atom. The van der Waals surface area contributed by atoms with Gasteiger partial charge in [0.25, 0.3) is 5.91 Å². The Kier molecular flexibility index (Phi) is 7.13. The second-order valence-electron chi connectivity index (χ2n) is 8.31. The van der Waals surface area contributed by atoms with Gasteiger partial charge in [0.2, 0.25) is 11.8 Å². The molecular formula is C25H27N3O4S. The number of likely N-dealkylation sites (tertiary alicyclic amines) is 1. The molecule has 0 unspecified atom stereocenters. The lowest BCUT2D eigenvalue weighted by Gasteiger charge is -2.34. The zero-order valence-electron chi connectivity index (χ0n) is 18.6. The summed E-state index contributed by atoms with van der Waals surface area (Å²) in [6.07, 6.45) is 4.07. The number of carbonyl (C=O) groups excluding carboxylic acids is 4. The molecule has 1 saturated heterocycles. The van der Waals surface area contributed by atoms with E-state index in [0.29, 0.717) is 30.0 Å². The summed E-state index contributed by atoms with van der Waals surface area (Å²) in [6, 6.07) is 14.0. The predicted octanol–water partition coefficient (Wildman–Crippen LogP) is 3.74. The SMILES string of the molecule is CC(=O)c1cccc(NC(=O)CN2C(=O)[C@H](C(=O)N3CCCCCC3)Sc3ccccc32)c1. The first-order valence-electron chi connectivity index (χ1n) is 11.2. The van der Waals surface area contributed by atoms with E-state index in [9.17, 15) is 19.2 Å². The molecule has 2 heterocycles. The van der Waals surface area contributed by atoms with Gasteiger partial charge in [0.15, 0.2) is 11.0 Å². The van der Waals surface area contributed by atoms with Crippen LogP contribution in [0.1, 0.15) is 43.0 Å². The molecule has 0 bridgehead atoms. The molecule has 2 aliphatic heterocycles. The van der Waals surface area contributed by atoms with Gasteiger partial charge in [0, 0.05) is 29.2 Å². The van der Waals surface area contributed by atoms with Crippen LogP contribution in [0.5, 0.6) is 0 Å². The maximum Gasteiger partial charge on any atom is 0.250 e. The van der Waals surface area contributed by atoms with Crippen molar-refractivity contribution in [2.24, 2.45) is 0 Å². The van der Waals surface area contributed by atoms with Gasteiger partial charge in [-0.2, -0.15) is 0 Å². The third-order valence-electron chi connectivity index (χ3n) is 5.89. The van der Waals surface area contributed by atoms with Crippen molar-refractivity contribution in [2.45, 2.75) is 42.8 Å². The molecular weight excluding hydrogens is 438 g/mol. The highest BCUT2D eigenvalue weighted by Gasteiger charge is 2.40. The number of carbonyl (C=O) groups is 4. The van der Waals surface area contributed by atoms with Crippen LogP contribution in [0.25, 0.3) is 0 Å². The topological polar surface area (TPSA) is 86.8 Å². The molecule has 0 saturated carbocycles. The summed E-state index contributed by atoms with van der Waals surface area (Å²) >= 11 is 1.26. The number of rotatable bonds is 5. The quantitative estimate of drug-likeness (QED) is 0.537. The van der Waals surface area contributed by atoms with Crippen molar-refractivity contribution in [3.8, 4) is 0 Å². The lowest BCUT2D eigenvalue weighted by molar-refractivity contribution is -0.135. The van der Waals surface area contributed by atoms with E-state index in [0.717, 1.165) is 30.6 Å². The van der Waals surface area contributed by atoms with Gasteiger partial charge in [-0.05, 0) is 44.0 Å². The molecule has 0 spiro atoms. The Hall–Kier alpha value is -3.13. The molecule has 0 aromatic heterocycles. The number of para-hydroxylation sites is 1. The average Bonchev–Trinajstić information content (AvgIpc) is 3.10. The molecule has 33 heavy (non-hydrogen) atoms. The Bertz CT molecular complexity index is 1080. The van der Waals surface area contributed by atoms with E-state index in [-0.39, 0.29) is 24.1 Å². The number of hydrogen-bond donors (Lipinski definition) is 1. The fourth-order valence-corrected chi connectivity index (χ4v) is 5.34. The number of anilines is 2. The summed E-state index contributed by atoms with van der Waals surface area (Å²) in [7, 11) is 0. The molecule has 2 aromatic rings. The van der Waals surface area contributed by atoms with Gasteiger partial charge < -0.3 is 15.1 Å².